The molecule has 0 amide bonds. The minimum absolute atomic E-state index is 0.437. The second-order valence-corrected chi connectivity index (χ2v) is 16.4. The Morgan fingerprint density at radius 1 is 0.462 bits per heavy atom. The Morgan fingerprint density at radius 3 is 1.26 bits per heavy atom. The van der Waals surface area contributed by atoms with Gasteiger partial charge in [0.05, 0.1) is 0 Å². The van der Waals surface area contributed by atoms with Gasteiger partial charge >= 0.3 is 213 Å². The van der Waals surface area contributed by atoms with Gasteiger partial charge in [0.2, 0.25) is 0 Å². The summed E-state index contributed by atoms with van der Waals surface area (Å²) in [7, 11) is 0. The Morgan fingerprint density at radius 2 is 0.846 bits per heavy atom. The number of thiophene rings is 2. The fraction of sp³-hybridized carbons (Fsp3) is 0.556. The molecule has 0 fully saturated rings. The normalized spacial score (nSPS) is 12.2. The van der Waals surface area contributed by atoms with Crippen molar-refractivity contribution >= 4 is 76.6 Å². The van der Waals surface area contributed by atoms with Gasteiger partial charge in [-0.05, 0) is 0 Å². The minimum atomic E-state index is 0.437. The number of unbranched alkanes of at least 4 members (excludes halogenated alkanes) is 14. The van der Waals surface area contributed by atoms with E-state index in [2.05, 4.69) is 50.2 Å². The molecular formula is C36H48S2Se. The van der Waals surface area contributed by atoms with Crippen LogP contribution in [0.2, 0.25) is 0 Å². The quantitative estimate of drug-likeness (QED) is 0.0673. The van der Waals surface area contributed by atoms with Crippen molar-refractivity contribution in [1.29, 1.82) is 0 Å². The molecule has 3 heteroatoms. The van der Waals surface area contributed by atoms with Crippen molar-refractivity contribution in [2.45, 2.75) is 129 Å². The monoisotopic (exact) mass is 624 g/mol. The average Bonchev–Trinajstić information content (AvgIpc) is 3.62. The molecule has 0 spiro atoms. The topological polar surface area (TPSA) is 0 Å². The van der Waals surface area contributed by atoms with Crippen LogP contribution in [-0.2, 0) is 12.8 Å². The molecule has 0 unspecified atom stereocenters. The molecule has 0 saturated carbocycles. The van der Waals surface area contributed by atoms with Gasteiger partial charge in [-0.25, -0.2) is 0 Å². The third-order valence-electron chi connectivity index (χ3n) is 8.40. The molecule has 3 aromatic heterocycles. The van der Waals surface area contributed by atoms with E-state index in [9.17, 15) is 0 Å². The number of hydrogen-bond acceptors (Lipinski definition) is 2. The molecule has 0 aliphatic carbocycles. The summed E-state index contributed by atoms with van der Waals surface area (Å²) in [5.41, 5.74) is 0. The SMILES string of the molecule is CCCCCCCCCCc1cc2cc3[se]c4cc5cc(CCCCCCCCCC)sc5cc4c3cc2s1. The van der Waals surface area contributed by atoms with Crippen LogP contribution in [0.3, 0.4) is 0 Å². The van der Waals surface area contributed by atoms with Crippen LogP contribution in [0.15, 0.2) is 36.4 Å². The summed E-state index contributed by atoms with van der Waals surface area (Å²) in [6.07, 6.45) is 25.0. The molecular weight excluding hydrogens is 575 g/mol. The van der Waals surface area contributed by atoms with E-state index in [4.69, 9.17) is 0 Å². The summed E-state index contributed by atoms with van der Waals surface area (Å²) >= 11 is 4.53. The van der Waals surface area contributed by atoms with E-state index < -0.39 is 0 Å². The third kappa shape index (κ3) is 8.00. The van der Waals surface area contributed by atoms with E-state index >= 15 is 0 Å². The Bertz CT molecular complexity index is 1340. The van der Waals surface area contributed by atoms with Gasteiger partial charge in [0, 0.05) is 0 Å². The van der Waals surface area contributed by atoms with Gasteiger partial charge in [0.1, 0.15) is 0 Å². The molecule has 0 atom stereocenters. The summed E-state index contributed by atoms with van der Waals surface area (Å²) in [6, 6.07) is 15.1. The summed E-state index contributed by atoms with van der Waals surface area (Å²) in [5, 5.41) is 6.02. The maximum absolute atomic E-state index is 2.53. The summed E-state index contributed by atoms with van der Waals surface area (Å²) in [5.74, 6) is 0. The predicted octanol–water partition coefficient (Wildman–Crippen LogP) is 12.8. The van der Waals surface area contributed by atoms with Crippen molar-refractivity contribution in [3.05, 3.63) is 46.2 Å². The van der Waals surface area contributed by atoms with Crippen LogP contribution in [0.1, 0.15) is 126 Å². The number of rotatable bonds is 18. The van der Waals surface area contributed by atoms with Crippen LogP contribution in [0, 0.1) is 0 Å². The van der Waals surface area contributed by atoms with Crippen LogP contribution in [0.5, 0.6) is 0 Å². The van der Waals surface area contributed by atoms with E-state index in [0.29, 0.717) is 14.5 Å². The van der Waals surface area contributed by atoms with Crippen molar-refractivity contribution in [3.63, 3.8) is 0 Å². The van der Waals surface area contributed by atoms with Crippen LogP contribution >= 0.6 is 22.7 Å². The summed E-state index contributed by atoms with van der Waals surface area (Å²) in [4.78, 5) is 3.18. The van der Waals surface area contributed by atoms with Gasteiger partial charge in [-0.3, -0.25) is 0 Å². The standard InChI is InChI=1S/C36H48S2Se/c1-3-5-7-9-11-13-15-17-19-29-21-27-23-35-31(25-33(27)37-29)32-26-34-28(24-36(32)39-35)22-30(38-34)20-18-16-14-12-10-8-6-4-2/h21-26H,3-20H2,1-2H3. The van der Waals surface area contributed by atoms with Crippen LogP contribution < -0.4 is 0 Å². The molecule has 0 bridgehead atoms. The Hall–Kier alpha value is -1.12. The van der Waals surface area contributed by atoms with Gasteiger partial charge in [-0.1, -0.05) is 39.5 Å². The predicted molar refractivity (Wildman–Crippen MR) is 182 cm³/mol. The van der Waals surface area contributed by atoms with Crippen LogP contribution in [0.4, 0.5) is 0 Å². The van der Waals surface area contributed by atoms with Crippen molar-refractivity contribution < 1.29 is 0 Å². The molecule has 210 valence electrons. The first-order valence-electron chi connectivity index (χ1n) is 16.1. The molecule has 0 aliphatic heterocycles. The zero-order chi connectivity index (χ0) is 26.9. The number of aryl methyl sites for hydroxylation is 2. The Kier molecular flexibility index (Phi) is 11.5. The third-order valence-corrected chi connectivity index (χ3v) is 13.1. The molecule has 0 aliphatic rings. The molecule has 2 aromatic carbocycles. The van der Waals surface area contributed by atoms with Gasteiger partial charge in [0.15, 0.2) is 0 Å². The maximum atomic E-state index is 2.53. The van der Waals surface area contributed by atoms with Crippen molar-refractivity contribution in [2.75, 3.05) is 0 Å². The molecule has 5 rings (SSSR count). The van der Waals surface area contributed by atoms with Gasteiger partial charge in [-0.15, -0.1) is 0 Å². The molecule has 0 nitrogen and oxygen atoms in total. The average molecular weight is 624 g/mol. The fourth-order valence-electron chi connectivity index (χ4n) is 6.06. The molecule has 39 heavy (non-hydrogen) atoms. The zero-order valence-corrected chi connectivity index (χ0v) is 27.8. The van der Waals surface area contributed by atoms with Crippen molar-refractivity contribution in [3.8, 4) is 0 Å². The van der Waals surface area contributed by atoms with E-state index in [1.165, 1.54) is 147 Å². The molecule has 0 saturated heterocycles. The van der Waals surface area contributed by atoms with Crippen LogP contribution in [0.25, 0.3) is 39.5 Å². The van der Waals surface area contributed by atoms with E-state index in [0.717, 1.165) is 0 Å². The molecule has 5 aromatic rings. The van der Waals surface area contributed by atoms with Gasteiger partial charge in [-0.2, -0.15) is 0 Å². The molecule has 3 heterocycles. The van der Waals surface area contributed by atoms with Crippen LogP contribution in [-0.4, -0.2) is 14.5 Å². The van der Waals surface area contributed by atoms with Crippen molar-refractivity contribution in [1.82, 2.24) is 0 Å². The van der Waals surface area contributed by atoms with E-state index in [1.807, 2.05) is 22.7 Å². The van der Waals surface area contributed by atoms with E-state index in [-0.39, 0.29) is 0 Å². The second kappa shape index (κ2) is 15.2. The Labute approximate surface area is 250 Å². The van der Waals surface area contributed by atoms with Crippen molar-refractivity contribution in [2.24, 2.45) is 0 Å². The zero-order valence-electron chi connectivity index (χ0n) is 24.4. The fourth-order valence-corrected chi connectivity index (χ4v) is 10.8. The van der Waals surface area contributed by atoms with Gasteiger partial charge < -0.3 is 0 Å². The van der Waals surface area contributed by atoms with Gasteiger partial charge in [0.25, 0.3) is 0 Å². The molecule has 0 radical (unpaired) electrons. The number of hydrogen-bond donors (Lipinski definition) is 0. The summed E-state index contributed by atoms with van der Waals surface area (Å²) in [6.45, 7) is 4.60. The first kappa shape index (κ1) is 29.4. The summed E-state index contributed by atoms with van der Waals surface area (Å²) < 4.78 is 6.18. The van der Waals surface area contributed by atoms with E-state index in [1.54, 1.807) is 18.3 Å². The Balaban J connectivity index is 1.19. The first-order chi connectivity index (χ1) is 19.2. The second-order valence-electron chi connectivity index (χ2n) is 11.7. The number of benzene rings is 2. The molecule has 0 N–H and O–H groups in total. The first-order valence-corrected chi connectivity index (χ1v) is 19.4. The number of fused-ring (bicyclic) bond motifs is 5.